The maximum atomic E-state index is 12.8. The fraction of sp³-hybridized carbons (Fsp3) is 0.545. The van der Waals surface area contributed by atoms with Gasteiger partial charge in [0.2, 0.25) is 5.91 Å². The van der Waals surface area contributed by atoms with E-state index >= 15 is 0 Å². The van der Waals surface area contributed by atoms with Crippen LogP contribution in [0, 0.1) is 17.2 Å². The topological polar surface area (TPSA) is 117 Å². The van der Waals surface area contributed by atoms with Crippen LogP contribution >= 0.6 is 11.8 Å². The molecule has 9 nitrogen and oxygen atoms in total. The van der Waals surface area contributed by atoms with E-state index in [4.69, 9.17) is 9.47 Å². The van der Waals surface area contributed by atoms with Crippen LogP contribution in [0.1, 0.15) is 19.8 Å². The minimum Gasteiger partial charge on any atom is -0.460 e. The predicted molar refractivity (Wildman–Crippen MR) is 125 cm³/mol. The van der Waals surface area contributed by atoms with E-state index in [1.165, 1.54) is 17.8 Å². The number of nitrogens with zero attached hydrogens (tertiary/aromatic N) is 3. The van der Waals surface area contributed by atoms with Gasteiger partial charge in [-0.2, -0.15) is 5.26 Å². The van der Waals surface area contributed by atoms with Crippen molar-refractivity contribution in [1.82, 2.24) is 9.88 Å². The van der Waals surface area contributed by atoms with Crippen LogP contribution in [0.25, 0.3) is 0 Å². The van der Waals surface area contributed by atoms with E-state index in [2.05, 4.69) is 22.2 Å². The molecule has 1 aliphatic rings. The Balaban J connectivity index is 1.88. The van der Waals surface area contributed by atoms with Crippen LogP contribution < -0.4 is 10.6 Å². The summed E-state index contributed by atoms with van der Waals surface area (Å²) in [5.41, 5.74) is 0.911. The first kappa shape index (κ1) is 25.5. The Labute approximate surface area is 193 Å². The zero-order chi connectivity index (χ0) is 23.3. The van der Waals surface area contributed by atoms with E-state index < -0.39 is 11.9 Å². The molecule has 32 heavy (non-hydrogen) atoms. The van der Waals surface area contributed by atoms with Crippen molar-refractivity contribution < 1.29 is 19.1 Å². The number of carbonyl (C=O) groups is 2. The van der Waals surface area contributed by atoms with E-state index in [1.807, 2.05) is 25.1 Å². The summed E-state index contributed by atoms with van der Waals surface area (Å²) in [5.74, 6) is -0.695. The normalized spacial score (nSPS) is 18.7. The smallest absolute Gasteiger partial charge is 0.323 e. The first-order valence-corrected chi connectivity index (χ1v) is 11.5. The number of nitriles is 1. The van der Waals surface area contributed by atoms with E-state index in [0.717, 1.165) is 11.5 Å². The first-order chi connectivity index (χ1) is 15.5. The SMILES string of the molecule is C=CCOC(=O)C(C#N)CC1SC(CCNc2ccnc(NCCOC)c2)C(=O)N1CC. The van der Waals surface area contributed by atoms with Crippen molar-refractivity contribution in [2.75, 3.05) is 50.6 Å². The summed E-state index contributed by atoms with van der Waals surface area (Å²) in [6.07, 6.45) is 4.06. The Kier molecular flexibility index (Phi) is 10.8. The summed E-state index contributed by atoms with van der Waals surface area (Å²) in [6.45, 7) is 7.87. The minimum atomic E-state index is -0.910. The summed E-state index contributed by atoms with van der Waals surface area (Å²) in [4.78, 5) is 30.9. The molecular weight excluding hydrogens is 430 g/mol. The Morgan fingerprint density at radius 3 is 2.97 bits per heavy atom. The number of anilines is 2. The molecule has 2 rings (SSSR count). The second kappa shape index (κ2) is 13.6. The molecule has 1 saturated heterocycles. The Hall–Kier alpha value is -2.77. The summed E-state index contributed by atoms with van der Waals surface area (Å²) in [7, 11) is 1.65. The Morgan fingerprint density at radius 1 is 1.47 bits per heavy atom. The number of amides is 1. The number of nitrogens with one attached hydrogen (secondary N) is 2. The van der Waals surface area contributed by atoms with Crippen LogP contribution in [0.4, 0.5) is 11.5 Å². The zero-order valence-electron chi connectivity index (χ0n) is 18.6. The zero-order valence-corrected chi connectivity index (χ0v) is 19.4. The number of methoxy groups -OCH3 is 1. The second-order valence-corrected chi connectivity index (χ2v) is 8.49. The highest BCUT2D eigenvalue weighted by molar-refractivity contribution is 8.01. The third-order valence-electron chi connectivity index (χ3n) is 4.90. The largest absolute Gasteiger partial charge is 0.460 e. The molecule has 1 aliphatic heterocycles. The molecular formula is C22H31N5O4S. The lowest BCUT2D eigenvalue weighted by Gasteiger charge is -2.23. The van der Waals surface area contributed by atoms with Gasteiger partial charge in [0.05, 0.1) is 23.3 Å². The van der Waals surface area contributed by atoms with Gasteiger partial charge in [0.1, 0.15) is 18.3 Å². The van der Waals surface area contributed by atoms with E-state index in [9.17, 15) is 14.9 Å². The third-order valence-corrected chi connectivity index (χ3v) is 6.42. The van der Waals surface area contributed by atoms with Crippen molar-refractivity contribution >= 4 is 35.1 Å². The second-order valence-electron chi connectivity index (χ2n) is 7.10. The molecule has 0 aliphatic carbocycles. The first-order valence-electron chi connectivity index (χ1n) is 10.6. The molecule has 1 aromatic rings. The van der Waals surface area contributed by atoms with E-state index in [1.54, 1.807) is 18.2 Å². The molecule has 3 atom stereocenters. The average molecular weight is 462 g/mol. The summed E-state index contributed by atoms with van der Waals surface area (Å²) < 4.78 is 10.0. The molecule has 174 valence electrons. The van der Waals surface area contributed by atoms with Crippen molar-refractivity contribution in [2.24, 2.45) is 5.92 Å². The van der Waals surface area contributed by atoms with Crippen LogP contribution in [-0.2, 0) is 19.1 Å². The molecule has 2 N–H and O–H groups in total. The van der Waals surface area contributed by atoms with Crippen molar-refractivity contribution in [3.05, 3.63) is 31.0 Å². The van der Waals surface area contributed by atoms with Crippen molar-refractivity contribution in [3.8, 4) is 6.07 Å². The Bertz CT molecular complexity index is 816. The maximum absolute atomic E-state index is 12.8. The molecule has 1 aromatic heterocycles. The third kappa shape index (κ3) is 7.43. The molecule has 3 unspecified atom stereocenters. The fourth-order valence-corrected chi connectivity index (χ4v) is 4.88. The van der Waals surface area contributed by atoms with E-state index in [-0.39, 0.29) is 29.6 Å². The molecule has 10 heteroatoms. The monoisotopic (exact) mass is 461 g/mol. The number of hydrogen-bond donors (Lipinski definition) is 2. The lowest BCUT2D eigenvalue weighted by atomic mass is 10.1. The van der Waals surface area contributed by atoms with Crippen LogP contribution in [0.2, 0.25) is 0 Å². The maximum Gasteiger partial charge on any atom is 0.323 e. The number of aromatic nitrogens is 1. The lowest BCUT2D eigenvalue weighted by Crippen LogP contribution is -2.36. The number of hydrogen-bond acceptors (Lipinski definition) is 9. The number of thioether (sulfide) groups is 1. The molecule has 0 aromatic carbocycles. The van der Waals surface area contributed by atoms with Gasteiger partial charge in [-0.15, -0.1) is 11.8 Å². The molecule has 1 fully saturated rings. The molecule has 2 heterocycles. The van der Waals surface area contributed by atoms with Gasteiger partial charge in [-0.1, -0.05) is 12.7 Å². The number of rotatable bonds is 14. The standard InChI is InChI=1S/C22H31N5O4S/c1-4-11-31-22(29)16(15-23)13-20-27(5-2)21(28)18(32-20)7-9-24-17-6-8-25-19(14-17)26-10-12-30-3/h4,6,8,14,16,18,20H,1,5,7,9-13H2,2-3H3,(H2,24,25,26). The molecule has 0 bridgehead atoms. The summed E-state index contributed by atoms with van der Waals surface area (Å²) in [5, 5.41) is 15.4. The lowest BCUT2D eigenvalue weighted by molar-refractivity contribution is -0.146. The number of ether oxygens (including phenoxy) is 2. The van der Waals surface area contributed by atoms with Crippen LogP contribution in [0.5, 0.6) is 0 Å². The van der Waals surface area contributed by atoms with Gasteiger partial charge >= 0.3 is 5.97 Å². The number of esters is 1. The van der Waals surface area contributed by atoms with Gasteiger partial charge in [0.25, 0.3) is 0 Å². The fourth-order valence-electron chi connectivity index (χ4n) is 3.29. The molecule has 0 radical (unpaired) electrons. The Morgan fingerprint density at radius 2 is 2.28 bits per heavy atom. The predicted octanol–water partition coefficient (Wildman–Crippen LogP) is 2.49. The molecule has 0 spiro atoms. The highest BCUT2D eigenvalue weighted by atomic mass is 32.2. The summed E-state index contributed by atoms with van der Waals surface area (Å²) in [6, 6.07) is 5.79. The van der Waals surface area contributed by atoms with Crippen LogP contribution in [0.3, 0.4) is 0 Å². The van der Waals surface area contributed by atoms with Crippen molar-refractivity contribution in [1.29, 1.82) is 5.26 Å². The van der Waals surface area contributed by atoms with Crippen LogP contribution in [0.15, 0.2) is 31.0 Å². The highest BCUT2D eigenvalue weighted by Crippen LogP contribution is 2.37. The number of carbonyl (C=O) groups excluding carboxylic acids is 2. The quantitative estimate of drug-likeness (QED) is 0.245. The number of pyridine rings is 1. The van der Waals surface area contributed by atoms with Crippen molar-refractivity contribution in [2.45, 2.75) is 30.4 Å². The van der Waals surface area contributed by atoms with Gasteiger partial charge in [-0.05, 0) is 19.4 Å². The highest BCUT2D eigenvalue weighted by Gasteiger charge is 2.41. The van der Waals surface area contributed by atoms with Gasteiger partial charge in [0, 0.05) is 51.1 Å². The molecule has 0 saturated carbocycles. The van der Waals surface area contributed by atoms with Gasteiger partial charge in [0.15, 0.2) is 0 Å². The molecule has 1 amide bonds. The van der Waals surface area contributed by atoms with Gasteiger partial charge < -0.3 is 25.0 Å². The van der Waals surface area contributed by atoms with Gasteiger partial charge in [-0.25, -0.2) is 4.98 Å². The van der Waals surface area contributed by atoms with Gasteiger partial charge in [-0.3, -0.25) is 9.59 Å². The van der Waals surface area contributed by atoms with Crippen molar-refractivity contribution in [3.63, 3.8) is 0 Å². The average Bonchev–Trinajstić information content (AvgIpc) is 3.10. The van der Waals surface area contributed by atoms with Crippen LogP contribution in [-0.4, -0.2) is 72.3 Å². The summed E-state index contributed by atoms with van der Waals surface area (Å²) >= 11 is 1.51. The van der Waals surface area contributed by atoms with E-state index in [0.29, 0.717) is 32.7 Å². The minimum absolute atomic E-state index is 0.0390.